The van der Waals surface area contributed by atoms with Gasteiger partial charge in [0, 0.05) is 5.56 Å². The quantitative estimate of drug-likeness (QED) is 0.372. The predicted octanol–water partition coefficient (Wildman–Crippen LogP) is 2.03. The van der Waals surface area contributed by atoms with Crippen molar-refractivity contribution in [3.05, 3.63) is 48.6 Å². The minimum atomic E-state index is -0.467. The maximum atomic E-state index is 7.39. The lowest BCUT2D eigenvalue weighted by atomic mass is 10.1. The average Bonchev–Trinajstić information content (AvgIpc) is 2.20. The van der Waals surface area contributed by atoms with Crippen LogP contribution < -0.4 is 5.73 Å². The molecule has 0 fully saturated rings. The molecule has 0 bridgehead atoms. The second-order valence-corrected chi connectivity index (χ2v) is 2.66. The number of ether oxygens (including phenoxy) is 1. The van der Waals surface area contributed by atoms with Gasteiger partial charge in [-0.3, -0.25) is 10.8 Å². The minimum Gasteiger partial charge on any atom is -0.407 e. The summed E-state index contributed by atoms with van der Waals surface area (Å²) in [5.41, 5.74) is 6.70. The molecule has 0 heterocycles. The summed E-state index contributed by atoms with van der Waals surface area (Å²) in [4.78, 5) is 0. The fourth-order valence-electron chi connectivity index (χ4n) is 0.874. The van der Waals surface area contributed by atoms with Gasteiger partial charge in [-0.2, -0.15) is 0 Å². The predicted molar refractivity (Wildman–Crippen MR) is 62.3 cm³/mol. The Balaban J connectivity index is 0.000000921. The van der Waals surface area contributed by atoms with E-state index in [1.165, 1.54) is 0 Å². The topological polar surface area (TPSA) is 83.0 Å². The summed E-state index contributed by atoms with van der Waals surface area (Å²) in [6, 6.07) is 6.77. The maximum absolute atomic E-state index is 7.39. The van der Waals surface area contributed by atoms with Crippen molar-refractivity contribution in [1.82, 2.24) is 0 Å². The Morgan fingerprint density at radius 2 is 1.67 bits per heavy atom. The van der Waals surface area contributed by atoms with Gasteiger partial charge in [0.2, 0.25) is 5.90 Å². The van der Waals surface area contributed by atoms with Crippen LogP contribution in [0.4, 0.5) is 0 Å². The first-order chi connectivity index (χ1) is 7.09. The van der Waals surface area contributed by atoms with Crippen LogP contribution >= 0.6 is 0 Å². The van der Waals surface area contributed by atoms with E-state index in [0.29, 0.717) is 5.56 Å². The second-order valence-electron chi connectivity index (χ2n) is 2.66. The zero-order valence-electron chi connectivity index (χ0n) is 8.71. The highest BCUT2D eigenvalue weighted by Crippen LogP contribution is 2.04. The van der Waals surface area contributed by atoms with Crippen LogP contribution in [0.3, 0.4) is 0 Å². The molecule has 0 aliphatic carbocycles. The number of rotatable bonds is 1. The third-order valence-electron chi connectivity index (χ3n) is 1.53. The van der Waals surface area contributed by atoms with Crippen LogP contribution in [-0.4, -0.2) is 11.9 Å². The van der Waals surface area contributed by atoms with Gasteiger partial charge in [0.15, 0.2) is 0 Å². The SMILES string of the molecule is C=C.Cc1ccc(C(=N)OC(=N)N)cc1. The first-order valence-electron chi connectivity index (χ1n) is 4.27. The van der Waals surface area contributed by atoms with Gasteiger partial charge in [-0.25, -0.2) is 0 Å². The summed E-state index contributed by atoms with van der Waals surface area (Å²) >= 11 is 0. The molecule has 80 valence electrons. The van der Waals surface area contributed by atoms with Crippen molar-refractivity contribution < 1.29 is 4.74 Å². The molecular weight excluding hydrogens is 190 g/mol. The van der Waals surface area contributed by atoms with E-state index in [9.17, 15) is 0 Å². The van der Waals surface area contributed by atoms with Gasteiger partial charge in [-0.15, -0.1) is 13.2 Å². The molecule has 0 aliphatic heterocycles. The van der Waals surface area contributed by atoms with E-state index in [1.807, 2.05) is 19.1 Å². The average molecular weight is 205 g/mol. The fraction of sp³-hybridized carbons (Fsp3) is 0.0909. The number of aryl methyl sites for hydroxylation is 1. The van der Waals surface area contributed by atoms with Gasteiger partial charge in [-0.05, 0) is 19.1 Å². The Bertz CT molecular complexity index is 343. The Hall–Kier alpha value is -2.10. The molecule has 1 rings (SSSR count). The number of nitrogens with one attached hydrogen (secondary N) is 2. The highest BCUT2D eigenvalue weighted by atomic mass is 16.5. The molecule has 4 nitrogen and oxygen atoms in total. The first kappa shape index (κ1) is 12.9. The number of hydrogen-bond acceptors (Lipinski definition) is 3. The standard InChI is InChI=1S/C9H11N3O.C2H4/c1-6-2-4-7(5-3-6)8(10)13-9(11)12;1-2/h2-5,10H,1H3,(H3,11,12);1-2H2. The third kappa shape index (κ3) is 4.61. The van der Waals surface area contributed by atoms with E-state index < -0.39 is 6.02 Å². The van der Waals surface area contributed by atoms with Crippen molar-refractivity contribution >= 4 is 11.9 Å². The lowest BCUT2D eigenvalue weighted by molar-refractivity contribution is 0.527. The number of hydrogen-bond donors (Lipinski definition) is 3. The van der Waals surface area contributed by atoms with Crippen molar-refractivity contribution in [2.24, 2.45) is 5.73 Å². The highest BCUT2D eigenvalue weighted by molar-refractivity contribution is 5.98. The number of benzene rings is 1. The van der Waals surface area contributed by atoms with E-state index in [4.69, 9.17) is 16.6 Å². The molecule has 15 heavy (non-hydrogen) atoms. The van der Waals surface area contributed by atoms with Gasteiger partial charge >= 0.3 is 0 Å². The van der Waals surface area contributed by atoms with Crippen LogP contribution in [0.2, 0.25) is 0 Å². The molecule has 0 spiro atoms. The molecule has 0 aromatic heterocycles. The number of amidine groups is 1. The molecular formula is C11H15N3O. The summed E-state index contributed by atoms with van der Waals surface area (Å²) in [6.45, 7) is 7.96. The molecule has 0 radical (unpaired) electrons. The van der Waals surface area contributed by atoms with E-state index in [-0.39, 0.29) is 5.90 Å². The molecule has 1 aromatic rings. The molecule has 4 heteroatoms. The van der Waals surface area contributed by atoms with Crippen LogP contribution in [0.5, 0.6) is 0 Å². The van der Waals surface area contributed by atoms with Crippen molar-refractivity contribution in [1.29, 1.82) is 10.8 Å². The van der Waals surface area contributed by atoms with E-state index in [2.05, 4.69) is 17.9 Å². The lowest BCUT2D eigenvalue weighted by Crippen LogP contribution is -2.19. The Morgan fingerprint density at radius 1 is 1.20 bits per heavy atom. The highest BCUT2D eigenvalue weighted by Gasteiger charge is 2.02. The van der Waals surface area contributed by atoms with Crippen molar-refractivity contribution in [2.75, 3.05) is 0 Å². The number of nitrogens with two attached hydrogens (primary N) is 1. The van der Waals surface area contributed by atoms with Crippen LogP contribution in [0.1, 0.15) is 11.1 Å². The summed E-state index contributed by atoms with van der Waals surface area (Å²) in [5.74, 6) is -0.104. The van der Waals surface area contributed by atoms with Gasteiger partial charge in [-0.1, -0.05) is 17.7 Å². The molecule has 0 atom stereocenters. The maximum Gasteiger partial charge on any atom is 0.285 e. The van der Waals surface area contributed by atoms with Crippen LogP contribution in [0.25, 0.3) is 0 Å². The zero-order chi connectivity index (χ0) is 11.8. The first-order valence-corrected chi connectivity index (χ1v) is 4.27. The molecule has 0 amide bonds. The summed E-state index contributed by atoms with van der Waals surface area (Å²) < 4.78 is 4.62. The lowest BCUT2D eigenvalue weighted by Gasteiger charge is -2.03. The van der Waals surface area contributed by atoms with Gasteiger partial charge < -0.3 is 10.5 Å². The third-order valence-corrected chi connectivity index (χ3v) is 1.53. The molecule has 0 saturated heterocycles. The van der Waals surface area contributed by atoms with Crippen molar-refractivity contribution in [3.8, 4) is 0 Å². The Morgan fingerprint density at radius 3 is 2.07 bits per heavy atom. The van der Waals surface area contributed by atoms with Gasteiger partial charge in [0.05, 0.1) is 0 Å². The van der Waals surface area contributed by atoms with E-state index >= 15 is 0 Å². The van der Waals surface area contributed by atoms with Crippen molar-refractivity contribution in [2.45, 2.75) is 6.92 Å². The normalized spacial score (nSPS) is 8.33. The molecule has 0 aliphatic rings. The van der Waals surface area contributed by atoms with Crippen LogP contribution in [0.15, 0.2) is 37.4 Å². The summed E-state index contributed by atoms with van der Waals surface area (Å²) in [5, 5.41) is 14.2. The fourth-order valence-corrected chi connectivity index (χ4v) is 0.874. The van der Waals surface area contributed by atoms with Crippen LogP contribution in [0, 0.1) is 17.7 Å². The van der Waals surface area contributed by atoms with Crippen molar-refractivity contribution in [3.63, 3.8) is 0 Å². The molecule has 0 saturated carbocycles. The van der Waals surface area contributed by atoms with Gasteiger partial charge in [0.1, 0.15) is 0 Å². The van der Waals surface area contributed by atoms with E-state index in [0.717, 1.165) is 5.56 Å². The van der Waals surface area contributed by atoms with Gasteiger partial charge in [0.25, 0.3) is 6.02 Å². The van der Waals surface area contributed by atoms with Crippen LogP contribution in [-0.2, 0) is 4.74 Å². The molecule has 0 unspecified atom stereocenters. The monoisotopic (exact) mass is 205 g/mol. The smallest absolute Gasteiger partial charge is 0.285 e. The minimum absolute atomic E-state index is 0.104. The summed E-state index contributed by atoms with van der Waals surface area (Å²) in [7, 11) is 0. The van der Waals surface area contributed by atoms with E-state index in [1.54, 1.807) is 12.1 Å². The Kier molecular flexibility index (Phi) is 5.48. The second kappa shape index (κ2) is 6.37. The largest absolute Gasteiger partial charge is 0.407 e. The molecule has 4 N–H and O–H groups in total. The summed E-state index contributed by atoms with van der Waals surface area (Å²) in [6.07, 6.45) is 0. The Labute approximate surface area is 89.4 Å². The molecule has 1 aromatic carbocycles. The zero-order valence-corrected chi connectivity index (χ0v) is 8.71.